The predicted molar refractivity (Wildman–Crippen MR) is 52.5 cm³/mol. The first kappa shape index (κ1) is 10.1. The summed E-state index contributed by atoms with van der Waals surface area (Å²) >= 11 is 0. The van der Waals surface area contributed by atoms with Crippen molar-refractivity contribution in [2.24, 2.45) is 5.92 Å². The Morgan fingerprint density at radius 2 is 1.92 bits per heavy atom. The lowest BCUT2D eigenvalue weighted by Crippen LogP contribution is -2.05. The molecule has 0 saturated carbocycles. The standard InChI is InChI=1S/C10H17N3/c1-7(2)5-10-12-9(8(3)4)6-11-13-10/h6-8H,5H2,1-4H3. The lowest BCUT2D eigenvalue weighted by atomic mass is 10.1. The molecular formula is C10H17N3. The molecule has 3 heteroatoms. The highest BCUT2D eigenvalue weighted by atomic mass is 15.1. The van der Waals surface area contributed by atoms with Crippen molar-refractivity contribution in [3.8, 4) is 0 Å². The third-order valence-corrected chi connectivity index (χ3v) is 1.80. The highest BCUT2D eigenvalue weighted by Crippen LogP contribution is 2.10. The molecule has 0 aromatic carbocycles. The fourth-order valence-corrected chi connectivity index (χ4v) is 1.08. The van der Waals surface area contributed by atoms with Crippen LogP contribution < -0.4 is 0 Å². The summed E-state index contributed by atoms with van der Waals surface area (Å²) < 4.78 is 0. The zero-order valence-electron chi connectivity index (χ0n) is 8.78. The summed E-state index contributed by atoms with van der Waals surface area (Å²) in [6.45, 7) is 8.54. The molecule has 1 aromatic rings. The fourth-order valence-electron chi connectivity index (χ4n) is 1.08. The summed E-state index contributed by atoms with van der Waals surface area (Å²) in [6, 6.07) is 0. The molecule has 0 unspecified atom stereocenters. The Kier molecular flexibility index (Phi) is 3.34. The molecule has 0 aliphatic carbocycles. The molecular weight excluding hydrogens is 162 g/mol. The Bertz CT molecular complexity index is 269. The summed E-state index contributed by atoms with van der Waals surface area (Å²) in [4.78, 5) is 4.44. The average molecular weight is 179 g/mol. The minimum atomic E-state index is 0.432. The van der Waals surface area contributed by atoms with Gasteiger partial charge in [0.1, 0.15) is 0 Å². The van der Waals surface area contributed by atoms with Gasteiger partial charge in [-0.1, -0.05) is 27.7 Å². The van der Waals surface area contributed by atoms with Crippen molar-refractivity contribution in [2.75, 3.05) is 0 Å². The number of hydrogen-bond acceptors (Lipinski definition) is 3. The molecule has 13 heavy (non-hydrogen) atoms. The van der Waals surface area contributed by atoms with Gasteiger partial charge in [0.05, 0.1) is 11.9 Å². The van der Waals surface area contributed by atoms with E-state index >= 15 is 0 Å². The van der Waals surface area contributed by atoms with Crippen LogP contribution in [0.1, 0.15) is 45.1 Å². The van der Waals surface area contributed by atoms with Crippen molar-refractivity contribution in [3.63, 3.8) is 0 Å². The van der Waals surface area contributed by atoms with E-state index in [-0.39, 0.29) is 0 Å². The van der Waals surface area contributed by atoms with Gasteiger partial charge in [0.25, 0.3) is 0 Å². The van der Waals surface area contributed by atoms with Crippen LogP contribution in [-0.4, -0.2) is 15.2 Å². The van der Waals surface area contributed by atoms with E-state index in [4.69, 9.17) is 0 Å². The van der Waals surface area contributed by atoms with Gasteiger partial charge in [0, 0.05) is 6.42 Å². The summed E-state index contributed by atoms with van der Waals surface area (Å²) in [5.41, 5.74) is 1.03. The van der Waals surface area contributed by atoms with Gasteiger partial charge in [-0.2, -0.15) is 5.10 Å². The zero-order chi connectivity index (χ0) is 9.84. The summed E-state index contributed by atoms with van der Waals surface area (Å²) in [6.07, 6.45) is 2.65. The van der Waals surface area contributed by atoms with Gasteiger partial charge in [-0.25, -0.2) is 4.98 Å². The summed E-state index contributed by atoms with van der Waals surface area (Å²) in [5, 5.41) is 7.95. The zero-order valence-corrected chi connectivity index (χ0v) is 8.78. The van der Waals surface area contributed by atoms with Crippen molar-refractivity contribution in [3.05, 3.63) is 17.7 Å². The lowest BCUT2D eigenvalue weighted by Gasteiger charge is -2.06. The average Bonchev–Trinajstić information content (AvgIpc) is 2.03. The second-order valence-electron chi connectivity index (χ2n) is 4.05. The van der Waals surface area contributed by atoms with E-state index in [0.717, 1.165) is 17.9 Å². The summed E-state index contributed by atoms with van der Waals surface area (Å²) in [5.74, 6) is 1.88. The molecule has 0 amide bonds. The molecule has 0 bridgehead atoms. The normalized spacial score (nSPS) is 11.2. The second kappa shape index (κ2) is 4.30. The highest BCUT2D eigenvalue weighted by molar-refractivity contribution is 5.01. The van der Waals surface area contributed by atoms with E-state index < -0.39 is 0 Å². The largest absolute Gasteiger partial charge is 0.234 e. The molecule has 1 aromatic heterocycles. The molecule has 3 nitrogen and oxygen atoms in total. The molecule has 0 fully saturated rings. The van der Waals surface area contributed by atoms with Crippen molar-refractivity contribution in [1.82, 2.24) is 15.2 Å². The van der Waals surface area contributed by atoms with Gasteiger partial charge in [-0.3, -0.25) is 0 Å². The fraction of sp³-hybridized carbons (Fsp3) is 0.700. The van der Waals surface area contributed by atoms with Crippen LogP contribution in [-0.2, 0) is 6.42 Å². The smallest absolute Gasteiger partial charge is 0.151 e. The predicted octanol–water partition coefficient (Wildman–Crippen LogP) is 2.19. The van der Waals surface area contributed by atoms with Crippen molar-refractivity contribution >= 4 is 0 Å². The van der Waals surface area contributed by atoms with Crippen LogP contribution in [0.15, 0.2) is 6.20 Å². The Labute approximate surface area is 79.6 Å². The Balaban J connectivity index is 2.79. The van der Waals surface area contributed by atoms with Gasteiger partial charge in [-0.05, 0) is 11.8 Å². The van der Waals surface area contributed by atoms with Crippen LogP contribution in [0.3, 0.4) is 0 Å². The van der Waals surface area contributed by atoms with Crippen LogP contribution in [0.4, 0.5) is 0 Å². The first-order chi connectivity index (χ1) is 6.09. The molecule has 0 N–H and O–H groups in total. The Hall–Kier alpha value is -0.990. The summed E-state index contributed by atoms with van der Waals surface area (Å²) in [7, 11) is 0. The maximum absolute atomic E-state index is 4.44. The SMILES string of the molecule is CC(C)Cc1nncc(C(C)C)n1. The van der Waals surface area contributed by atoms with Gasteiger partial charge < -0.3 is 0 Å². The Morgan fingerprint density at radius 1 is 1.23 bits per heavy atom. The van der Waals surface area contributed by atoms with Crippen molar-refractivity contribution in [2.45, 2.75) is 40.0 Å². The quantitative estimate of drug-likeness (QED) is 0.714. The molecule has 72 valence electrons. The maximum Gasteiger partial charge on any atom is 0.151 e. The van der Waals surface area contributed by atoms with E-state index in [0.29, 0.717) is 11.8 Å². The van der Waals surface area contributed by atoms with Gasteiger partial charge in [0.2, 0.25) is 0 Å². The van der Waals surface area contributed by atoms with Crippen LogP contribution in [0, 0.1) is 5.92 Å². The maximum atomic E-state index is 4.44. The molecule has 0 saturated heterocycles. The highest BCUT2D eigenvalue weighted by Gasteiger charge is 2.05. The number of nitrogens with zero attached hydrogens (tertiary/aromatic N) is 3. The molecule has 0 radical (unpaired) electrons. The Morgan fingerprint density at radius 3 is 2.46 bits per heavy atom. The molecule has 0 atom stereocenters. The topological polar surface area (TPSA) is 38.7 Å². The first-order valence-corrected chi connectivity index (χ1v) is 4.78. The number of rotatable bonds is 3. The molecule has 0 aliphatic rings. The van der Waals surface area contributed by atoms with Gasteiger partial charge in [-0.15, -0.1) is 5.10 Å². The third kappa shape index (κ3) is 3.09. The van der Waals surface area contributed by atoms with Crippen LogP contribution in [0.25, 0.3) is 0 Å². The van der Waals surface area contributed by atoms with E-state index in [1.54, 1.807) is 6.20 Å². The minimum Gasteiger partial charge on any atom is -0.234 e. The third-order valence-electron chi connectivity index (χ3n) is 1.80. The minimum absolute atomic E-state index is 0.432. The van der Waals surface area contributed by atoms with Crippen LogP contribution >= 0.6 is 0 Å². The van der Waals surface area contributed by atoms with Crippen LogP contribution in [0.5, 0.6) is 0 Å². The van der Waals surface area contributed by atoms with E-state index in [9.17, 15) is 0 Å². The number of aromatic nitrogens is 3. The van der Waals surface area contributed by atoms with E-state index in [2.05, 4.69) is 42.9 Å². The molecule has 1 heterocycles. The second-order valence-corrected chi connectivity index (χ2v) is 4.05. The van der Waals surface area contributed by atoms with Gasteiger partial charge >= 0.3 is 0 Å². The monoisotopic (exact) mass is 179 g/mol. The first-order valence-electron chi connectivity index (χ1n) is 4.78. The van der Waals surface area contributed by atoms with E-state index in [1.165, 1.54) is 0 Å². The van der Waals surface area contributed by atoms with E-state index in [1.807, 2.05) is 0 Å². The van der Waals surface area contributed by atoms with Crippen molar-refractivity contribution < 1.29 is 0 Å². The van der Waals surface area contributed by atoms with Crippen molar-refractivity contribution in [1.29, 1.82) is 0 Å². The van der Waals surface area contributed by atoms with Gasteiger partial charge in [0.15, 0.2) is 5.82 Å². The molecule has 0 aliphatic heterocycles. The molecule has 1 rings (SSSR count). The number of hydrogen-bond donors (Lipinski definition) is 0. The lowest BCUT2D eigenvalue weighted by molar-refractivity contribution is 0.602. The molecule has 0 spiro atoms. The van der Waals surface area contributed by atoms with Crippen LogP contribution in [0.2, 0.25) is 0 Å².